The van der Waals surface area contributed by atoms with Gasteiger partial charge < -0.3 is 4.74 Å². The van der Waals surface area contributed by atoms with Gasteiger partial charge in [-0.05, 0) is 24.6 Å². The van der Waals surface area contributed by atoms with Crippen LogP contribution in [-0.2, 0) is 11.0 Å². The first-order valence-electron chi connectivity index (χ1n) is 8.35. The minimum Gasteiger partial charge on any atom is -0.468 e. The highest BCUT2D eigenvalue weighted by Gasteiger charge is 2.50. The lowest BCUT2D eigenvalue weighted by atomic mass is 9.88. The van der Waals surface area contributed by atoms with E-state index < -0.39 is 29.7 Å². The number of fused-ring (bicyclic) bond motifs is 1. The Morgan fingerprint density at radius 1 is 1.04 bits per heavy atom. The number of hydrogen-bond donors (Lipinski definition) is 0. The monoisotopic (exact) mass is 372 g/mol. The predicted molar refractivity (Wildman–Crippen MR) is 91.8 cm³/mol. The van der Waals surface area contributed by atoms with Crippen LogP contribution in [0, 0.1) is 0 Å². The molecule has 1 aliphatic heterocycles. The first-order chi connectivity index (χ1) is 12.9. The van der Waals surface area contributed by atoms with Crippen LogP contribution in [0.15, 0.2) is 60.7 Å². The fourth-order valence-electron chi connectivity index (χ4n) is 3.42. The van der Waals surface area contributed by atoms with Crippen molar-refractivity contribution in [1.82, 2.24) is 9.78 Å². The zero-order valence-electron chi connectivity index (χ0n) is 14.3. The van der Waals surface area contributed by atoms with E-state index in [-0.39, 0.29) is 11.4 Å². The van der Waals surface area contributed by atoms with Gasteiger partial charge in [0.05, 0.1) is 17.2 Å². The van der Waals surface area contributed by atoms with Crippen LogP contribution in [0.3, 0.4) is 0 Å². The molecule has 4 nitrogen and oxygen atoms in total. The highest BCUT2D eigenvalue weighted by Crippen LogP contribution is 2.51. The number of halogens is 3. The first kappa shape index (κ1) is 17.3. The van der Waals surface area contributed by atoms with Gasteiger partial charge in [-0.15, -0.1) is 0 Å². The van der Waals surface area contributed by atoms with Gasteiger partial charge in [0.15, 0.2) is 5.69 Å². The van der Waals surface area contributed by atoms with E-state index in [0.717, 1.165) is 4.68 Å². The van der Waals surface area contributed by atoms with Crippen molar-refractivity contribution >= 4 is 5.78 Å². The molecule has 0 spiro atoms. The summed E-state index contributed by atoms with van der Waals surface area (Å²) in [4.78, 5) is 12.3. The average molecular weight is 372 g/mol. The minimum absolute atomic E-state index is 0.0393. The molecule has 0 fully saturated rings. The molecule has 4 rings (SSSR count). The number of carbonyl (C=O) groups is 1. The second-order valence-electron chi connectivity index (χ2n) is 6.35. The van der Waals surface area contributed by atoms with E-state index in [1.807, 2.05) is 0 Å². The number of Topliss-reactive ketones (excluding diaryl/α,β-unsaturated/α-hetero) is 1. The van der Waals surface area contributed by atoms with E-state index in [9.17, 15) is 18.0 Å². The van der Waals surface area contributed by atoms with Crippen molar-refractivity contribution in [3.05, 3.63) is 77.5 Å². The van der Waals surface area contributed by atoms with Crippen LogP contribution >= 0.6 is 0 Å². The summed E-state index contributed by atoms with van der Waals surface area (Å²) in [5.41, 5.74) is -0.213. The topological polar surface area (TPSA) is 44.1 Å². The molecule has 1 aliphatic rings. The fourth-order valence-corrected chi connectivity index (χ4v) is 3.42. The zero-order valence-corrected chi connectivity index (χ0v) is 14.3. The van der Waals surface area contributed by atoms with Crippen molar-refractivity contribution in [2.75, 3.05) is 0 Å². The van der Waals surface area contributed by atoms with Gasteiger partial charge in [0.2, 0.25) is 5.88 Å². The minimum atomic E-state index is -4.70. The lowest BCUT2D eigenvalue weighted by Crippen LogP contribution is -2.20. The van der Waals surface area contributed by atoms with Crippen molar-refractivity contribution < 1.29 is 22.7 Å². The molecule has 138 valence electrons. The second-order valence-corrected chi connectivity index (χ2v) is 6.35. The number of rotatable bonds is 3. The summed E-state index contributed by atoms with van der Waals surface area (Å²) in [6.07, 6.45) is -5.53. The molecule has 3 aromatic rings. The number of ketones is 1. The van der Waals surface area contributed by atoms with Crippen LogP contribution in [0.25, 0.3) is 5.69 Å². The normalized spacial score (nSPS) is 18.8. The lowest BCUT2D eigenvalue weighted by Gasteiger charge is -2.19. The molecule has 0 bridgehead atoms. The summed E-state index contributed by atoms with van der Waals surface area (Å²) < 4.78 is 48.1. The number of alkyl halides is 3. The molecular formula is C20H15F3N2O2. The maximum Gasteiger partial charge on any atom is 0.435 e. The summed E-state index contributed by atoms with van der Waals surface area (Å²) >= 11 is 0. The van der Waals surface area contributed by atoms with Gasteiger partial charge in [0.1, 0.15) is 11.9 Å². The highest BCUT2D eigenvalue weighted by molar-refractivity contribution is 5.86. The number of ether oxygens (including phenoxy) is 1. The Balaban J connectivity index is 1.94. The van der Waals surface area contributed by atoms with E-state index in [0.29, 0.717) is 11.3 Å². The molecule has 0 saturated carbocycles. The number of para-hydroxylation sites is 1. The Bertz CT molecular complexity index is 982. The van der Waals surface area contributed by atoms with Gasteiger partial charge in [-0.1, -0.05) is 48.5 Å². The van der Waals surface area contributed by atoms with Gasteiger partial charge in [-0.2, -0.15) is 18.3 Å². The quantitative estimate of drug-likeness (QED) is 0.670. The van der Waals surface area contributed by atoms with Crippen LogP contribution in [0.2, 0.25) is 0 Å². The molecule has 27 heavy (non-hydrogen) atoms. The number of aromatic nitrogens is 2. The van der Waals surface area contributed by atoms with Crippen molar-refractivity contribution in [3.8, 4) is 11.6 Å². The van der Waals surface area contributed by atoms with E-state index in [2.05, 4.69) is 5.10 Å². The van der Waals surface area contributed by atoms with E-state index in [1.165, 1.54) is 6.92 Å². The largest absolute Gasteiger partial charge is 0.468 e. The molecule has 0 radical (unpaired) electrons. The number of hydrogen-bond acceptors (Lipinski definition) is 3. The van der Waals surface area contributed by atoms with Gasteiger partial charge >= 0.3 is 6.18 Å². The molecule has 7 heteroatoms. The Kier molecular flexibility index (Phi) is 4.02. The first-order valence-corrected chi connectivity index (χ1v) is 8.35. The van der Waals surface area contributed by atoms with E-state index in [1.54, 1.807) is 60.7 Å². The molecular weight excluding hydrogens is 357 g/mol. The second kappa shape index (κ2) is 6.26. The molecule has 1 aromatic heterocycles. The van der Waals surface area contributed by atoms with E-state index in [4.69, 9.17) is 4.74 Å². The molecule has 0 amide bonds. The zero-order chi connectivity index (χ0) is 19.2. The highest BCUT2D eigenvalue weighted by atomic mass is 19.4. The van der Waals surface area contributed by atoms with Crippen LogP contribution < -0.4 is 4.74 Å². The van der Waals surface area contributed by atoms with Crippen LogP contribution in [0.4, 0.5) is 13.2 Å². The number of nitrogens with zero attached hydrogens (tertiary/aromatic N) is 2. The van der Waals surface area contributed by atoms with Gasteiger partial charge in [-0.3, -0.25) is 4.79 Å². The van der Waals surface area contributed by atoms with Crippen LogP contribution in [0.1, 0.15) is 35.8 Å². The van der Waals surface area contributed by atoms with Crippen molar-refractivity contribution in [2.45, 2.75) is 25.1 Å². The maximum absolute atomic E-state index is 13.7. The molecule has 2 aromatic carbocycles. The molecule has 0 unspecified atom stereocenters. The van der Waals surface area contributed by atoms with Crippen LogP contribution in [0.5, 0.6) is 5.88 Å². The van der Waals surface area contributed by atoms with Gasteiger partial charge in [0, 0.05) is 0 Å². The standard InChI is InChI=1S/C20H15F3N2O2/c1-12(26)15-16-18(20(21,22)23)24-25(14-10-6-3-7-11-14)19(16)27-17(15)13-8-4-2-5-9-13/h2-11,15,17H,1H3/t15-,17+/m0/s1. The Hall–Kier alpha value is -3.09. The fraction of sp³-hybridized carbons (Fsp3) is 0.200. The van der Waals surface area contributed by atoms with Gasteiger partial charge in [0.25, 0.3) is 0 Å². The molecule has 0 saturated heterocycles. The van der Waals surface area contributed by atoms with Crippen molar-refractivity contribution in [1.29, 1.82) is 0 Å². The molecule has 0 aliphatic carbocycles. The summed E-state index contributed by atoms with van der Waals surface area (Å²) in [5.74, 6) is -1.51. The number of benzene rings is 2. The summed E-state index contributed by atoms with van der Waals surface area (Å²) in [7, 11) is 0. The number of carbonyl (C=O) groups excluding carboxylic acids is 1. The SMILES string of the molecule is CC(=O)[C@H]1c2c(C(F)(F)F)nn(-c3ccccc3)c2O[C@@H]1c1ccccc1. The van der Waals surface area contributed by atoms with Gasteiger partial charge in [-0.25, -0.2) is 4.68 Å². The average Bonchev–Trinajstić information content (AvgIpc) is 3.19. The summed E-state index contributed by atoms with van der Waals surface area (Å²) in [6, 6.07) is 17.2. The maximum atomic E-state index is 13.7. The smallest absolute Gasteiger partial charge is 0.435 e. The molecule has 0 N–H and O–H groups in total. The summed E-state index contributed by atoms with van der Waals surface area (Å²) in [6.45, 7) is 1.28. The lowest BCUT2D eigenvalue weighted by molar-refractivity contribution is -0.142. The third-order valence-corrected chi connectivity index (χ3v) is 4.57. The van der Waals surface area contributed by atoms with Crippen LogP contribution in [-0.4, -0.2) is 15.6 Å². The Labute approximate surface area is 153 Å². The third kappa shape index (κ3) is 2.89. The third-order valence-electron chi connectivity index (χ3n) is 4.57. The van der Waals surface area contributed by atoms with Crippen molar-refractivity contribution in [2.24, 2.45) is 0 Å². The molecule has 2 heterocycles. The Morgan fingerprint density at radius 3 is 2.19 bits per heavy atom. The Morgan fingerprint density at radius 2 is 1.63 bits per heavy atom. The van der Waals surface area contributed by atoms with E-state index >= 15 is 0 Å². The van der Waals surface area contributed by atoms with Crippen molar-refractivity contribution in [3.63, 3.8) is 0 Å². The summed E-state index contributed by atoms with van der Waals surface area (Å²) in [5, 5.41) is 3.75. The molecule has 2 atom stereocenters. The predicted octanol–water partition coefficient (Wildman–Crippen LogP) is 4.70.